The van der Waals surface area contributed by atoms with Gasteiger partial charge in [0, 0.05) is 30.2 Å². The highest BCUT2D eigenvalue weighted by atomic mass is 19.4. The molecule has 1 spiro atoms. The van der Waals surface area contributed by atoms with Crippen LogP contribution in [0.4, 0.5) is 31.1 Å². The zero-order valence-electron chi connectivity index (χ0n) is 23.5. The molecule has 1 fully saturated rings. The van der Waals surface area contributed by atoms with E-state index < -0.39 is 66.3 Å². The standard InChI is InChI=1S/C31H26F6N2O5/c1-3-43-26-14-24(33)22(13-25(26)34)19-6-9-23-20(12-19)10-11-30(23)28(41)39(29(42)44-30)16-27(40)38(17(2)31(35,36)37)15-18-4-7-21(32)8-5-18/h4-9,12-14,17H,3,10-11,15-16H2,1-2H3/t17?,30-/m1/s1. The van der Waals surface area contributed by atoms with Crippen LogP contribution in [0.3, 0.4) is 0 Å². The van der Waals surface area contributed by atoms with Crippen LogP contribution in [-0.4, -0.2) is 53.1 Å². The largest absolute Gasteiger partial charge is 0.491 e. The predicted molar refractivity (Wildman–Crippen MR) is 144 cm³/mol. The Balaban J connectivity index is 1.39. The third kappa shape index (κ3) is 5.58. The fourth-order valence-corrected chi connectivity index (χ4v) is 5.47. The second kappa shape index (κ2) is 11.5. The molecule has 3 aromatic rings. The summed E-state index contributed by atoms with van der Waals surface area (Å²) in [6.45, 7) is 0.945. The average Bonchev–Trinajstić information content (AvgIpc) is 3.45. The monoisotopic (exact) mass is 620 g/mol. The number of amides is 3. The molecule has 0 N–H and O–H groups in total. The summed E-state index contributed by atoms with van der Waals surface area (Å²) in [5, 5.41) is 0. The van der Waals surface area contributed by atoms with Crippen molar-refractivity contribution in [2.24, 2.45) is 0 Å². The van der Waals surface area contributed by atoms with Crippen LogP contribution in [0.25, 0.3) is 11.1 Å². The van der Waals surface area contributed by atoms with Crippen LogP contribution in [-0.2, 0) is 32.9 Å². The molecule has 3 aromatic carbocycles. The normalized spacial score (nSPS) is 18.4. The number of rotatable bonds is 8. The maximum absolute atomic E-state index is 14.8. The smallest absolute Gasteiger partial charge is 0.418 e. The zero-order valence-corrected chi connectivity index (χ0v) is 23.5. The van der Waals surface area contributed by atoms with Gasteiger partial charge in [-0.25, -0.2) is 22.9 Å². The Morgan fingerprint density at radius 2 is 1.75 bits per heavy atom. The first-order valence-corrected chi connectivity index (χ1v) is 13.7. The van der Waals surface area contributed by atoms with E-state index in [0.717, 1.165) is 31.2 Å². The van der Waals surface area contributed by atoms with Crippen molar-refractivity contribution in [1.82, 2.24) is 9.80 Å². The Labute approximate surface area is 248 Å². The summed E-state index contributed by atoms with van der Waals surface area (Å²) in [5.41, 5.74) is -0.613. The number of hydrogen-bond donors (Lipinski definition) is 0. The van der Waals surface area contributed by atoms with Crippen molar-refractivity contribution in [1.29, 1.82) is 0 Å². The van der Waals surface area contributed by atoms with E-state index in [-0.39, 0.29) is 41.9 Å². The van der Waals surface area contributed by atoms with E-state index in [9.17, 15) is 40.7 Å². The van der Waals surface area contributed by atoms with Gasteiger partial charge in [0.15, 0.2) is 11.6 Å². The first-order valence-electron chi connectivity index (χ1n) is 13.7. The van der Waals surface area contributed by atoms with Crippen molar-refractivity contribution in [3.63, 3.8) is 0 Å². The lowest BCUT2D eigenvalue weighted by atomic mass is 9.92. The first kappa shape index (κ1) is 30.9. The molecule has 2 atom stereocenters. The number of carbonyl (C=O) groups excluding carboxylic acids is 3. The molecule has 13 heteroatoms. The number of hydrogen-bond acceptors (Lipinski definition) is 5. The lowest BCUT2D eigenvalue weighted by Gasteiger charge is -2.31. The van der Waals surface area contributed by atoms with Gasteiger partial charge in [-0.1, -0.05) is 30.3 Å². The van der Waals surface area contributed by atoms with Crippen molar-refractivity contribution in [2.75, 3.05) is 13.2 Å². The van der Waals surface area contributed by atoms with Gasteiger partial charge in [0.25, 0.3) is 5.91 Å². The number of ether oxygens (including phenoxy) is 2. The summed E-state index contributed by atoms with van der Waals surface area (Å²) >= 11 is 0. The number of benzene rings is 3. The molecule has 0 aromatic heterocycles. The molecule has 0 saturated carbocycles. The number of nitrogens with zero attached hydrogens (tertiary/aromatic N) is 2. The Bertz CT molecular complexity index is 1630. The molecule has 1 saturated heterocycles. The van der Waals surface area contributed by atoms with Gasteiger partial charge in [0.05, 0.1) is 6.61 Å². The van der Waals surface area contributed by atoms with Crippen LogP contribution in [0, 0.1) is 17.5 Å². The van der Waals surface area contributed by atoms with Gasteiger partial charge >= 0.3 is 12.3 Å². The van der Waals surface area contributed by atoms with Crippen molar-refractivity contribution >= 4 is 17.9 Å². The SMILES string of the molecule is CCOc1cc(F)c(-c2ccc3c(c2)CC[C@@]32OC(=O)N(CC(=O)N(Cc3ccc(F)cc3)C(C)C(F)(F)F)C2=O)cc1F. The van der Waals surface area contributed by atoms with Gasteiger partial charge in [0.2, 0.25) is 11.5 Å². The number of imide groups is 1. The van der Waals surface area contributed by atoms with Gasteiger partial charge in [-0.05, 0) is 55.2 Å². The molecule has 7 nitrogen and oxygen atoms in total. The maximum atomic E-state index is 14.8. The van der Waals surface area contributed by atoms with Crippen molar-refractivity contribution in [2.45, 2.75) is 51.1 Å². The molecular weight excluding hydrogens is 594 g/mol. The minimum Gasteiger partial charge on any atom is -0.491 e. The fraction of sp³-hybridized carbons (Fsp3) is 0.323. The molecule has 1 unspecified atom stereocenters. The number of aryl methyl sites for hydroxylation is 1. The minimum absolute atomic E-state index is 0.0284. The molecule has 1 heterocycles. The topological polar surface area (TPSA) is 76.2 Å². The highest BCUT2D eigenvalue weighted by Crippen LogP contribution is 2.46. The summed E-state index contributed by atoms with van der Waals surface area (Å²) in [6, 6.07) is 8.53. The highest BCUT2D eigenvalue weighted by Gasteiger charge is 2.58. The first-order chi connectivity index (χ1) is 20.7. The molecule has 0 bridgehead atoms. The highest BCUT2D eigenvalue weighted by molar-refractivity contribution is 6.06. The van der Waals surface area contributed by atoms with E-state index in [1.165, 1.54) is 30.3 Å². The van der Waals surface area contributed by atoms with E-state index in [1.54, 1.807) is 6.92 Å². The van der Waals surface area contributed by atoms with E-state index in [2.05, 4.69) is 0 Å². The second-order valence-corrected chi connectivity index (χ2v) is 10.5. The maximum Gasteiger partial charge on any atom is 0.418 e. The Kier molecular flexibility index (Phi) is 8.08. The molecule has 1 aliphatic heterocycles. The Morgan fingerprint density at radius 1 is 1.05 bits per heavy atom. The summed E-state index contributed by atoms with van der Waals surface area (Å²) in [6.07, 6.45) is -5.87. The molecule has 5 rings (SSSR count). The second-order valence-electron chi connectivity index (χ2n) is 10.5. The zero-order chi connectivity index (χ0) is 32.0. The number of fused-ring (bicyclic) bond motifs is 2. The summed E-state index contributed by atoms with van der Waals surface area (Å²) < 4.78 is 94.2. The number of halogens is 6. The summed E-state index contributed by atoms with van der Waals surface area (Å²) in [7, 11) is 0. The lowest BCUT2D eigenvalue weighted by molar-refractivity contribution is -0.187. The van der Waals surface area contributed by atoms with Crippen LogP contribution in [0.5, 0.6) is 5.75 Å². The Hall–Kier alpha value is -4.55. The third-order valence-corrected chi connectivity index (χ3v) is 7.81. The van der Waals surface area contributed by atoms with Crippen LogP contribution in [0.15, 0.2) is 54.6 Å². The molecular formula is C31H26F6N2O5. The fourth-order valence-electron chi connectivity index (χ4n) is 5.47. The van der Waals surface area contributed by atoms with Crippen LogP contribution < -0.4 is 4.74 Å². The predicted octanol–water partition coefficient (Wildman–Crippen LogP) is 6.27. The van der Waals surface area contributed by atoms with Crippen LogP contribution >= 0.6 is 0 Å². The van der Waals surface area contributed by atoms with Crippen molar-refractivity contribution in [3.8, 4) is 16.9 Å². The summed E-state index contributed by atoms with van der Waals surface area (Å²) in [4.78, 5) is 40.6. The number of alkyl halides is 3. The van der Waals surface area contributed by atoms with E-state index >= 15 is 0 Å². The minimum atomic E-state index is -4.83. The van der Waals surface area contributed by atoms with Gasteiger partial charge in [0.1, 0.15) is 24.2 Å². The van der Waals surface area contributed by atoms with E-state index in [4.69, 9.17) is 9.47 Å². The number of carbonyl (C=O) groups is 3. The molecule has 44 heavy (non-hydrogen) atoms. The molecule has 3 amide bonds. The van der Waals surface area contributed by atoms with E-state index in [0.29, 0.717) is 20.9 Å². The van der Waals surface area contributed by atoms with Crippen molar-refractivity contribution < 1.29 is 50.2 Å². The van der Waals surface area contributed by atoms with E-state index in [1.807, 2.05) is 0 Å². The lowest BCUT2D eigenvalue weighted by Crippen LogP contribution is -2.51. The van der Waals surface area contributed by atoms with Crippen LogP contribution in [0.1, 0.15) is 37.0 Å². The van der Waals surface area contributed by atoms with Gasteiger partial charge in [-0.15, -0.1) is 0 Å². The summed E-state index contributed by atoms with van der Waals surface area (Å²) in [5.74, 6) is -4.48. The third-order valence-electron chi connectivity index (χ3n) is 7.81. The molecule has 0 radical (unpaired) electrons. The van der Waals surface area contributed by atoms with Crippen molar-refractivity contribution in [3.05, 3.63) is 88.7 Å². The van der Waals surface area contributed by atoms with Crippen LogP contribution in [0.2, 0.25) is 0 Å². The Morgan fingerprint density at radius 3 is 2.41 bits per heavy atom. The molecule has 232 valence electrons. The quantitative estimate of drug-likeness (QED) is 0.278. The van der Waals surface area contributed by atoms with Gasteiger partial charge < -0.3 is 14.4 Å². The average molecular weight is 621 g/mol. The molecule has 2 aliphatic rings. The van der Waals surface area contributed by atoms with Gasteiger partial charge in [-0.2, -0.15) is 13.2 Å². The molecule has 1 aliphatic carbocycles. The van der Waals surface area contributed by atoms with Gasteiger partial charge in [-0.3, -0.25) is 9.59 Å².